The number of fused-ring (bicyclic) bond motifs is 1. The third kappa shape index (κ3) is 5.04. The van der Waals surface area contributed by atoms with Gasteiger partial charge in [0, 0.05) is 12.1 Å². The first-order valence-electron chi connectivity index (χ1n) is 10.1. The molecule has 0 bridgehead atoms. The highest BCUT2D eigenvalue weighted by atomic mass is 32.2. The van der Waals surface area contributed by atoms with Crippen molar-refractivity contribution in [2.45, 2.75) is 24.8 Å². The van der Waals surface area contributed by atoms with E-state index in [0.29, 0.717) is 17.3 Å². The molecule has 1 aromatic heterocycles. The Morgan fingerprint density at radius 2 is 1.72 bits per heavy atom. The summed E-state index contributed by atoms with van der Waals surface area (Å²) in [5.41, 5.74) is 1.35. The van der Waals surface area contributed by atoms with Crippen LogP contribution in [-0.2, 0) is 26.2 Å². The second-order valence-electron chi connectivity index (χ2n) is 7.21. The van der Waals surface area contributed by atoms with E-state index in [1.165, 1.54) is 0 Å². The van der Waals surface area contributed by atoms with Gasteiger partial charge in [0.25, 0.3) is 0 Å². The molecular weight excluding hydrogens is 428 g/mol. The van der Waals surface area contributed by atoms with Crippen molar-refractivity contribution >= 4 is 26.8 Å². The summed E-state index contributed by atoms with van der Waals surface area (Å²) in [6.45, 7) is 1.64. The summed E-state index contributed by atoms with van der Waals surface area (Å²) in [4.78, 5) is 16.6. The summed E-state index contributed by atoms with van der Waals surface area (Å²) in [6, 6.07) is 21.8. The lowest BCUT2D eigenvalue weighted by atomic mass is 10.1. The Kier molecular flexibility index (Phi) is 6.34. The van der Waals surface area contributed by atoms with Gasteiger partial charge in [0.1, 0.15) is 18.1 Å². The van der Waals surface area contributed by atoms with E-state index < -0.39 is 16.0 Å². The van der Waals surface area contributed by atoms with Gasteiger partial charge < -0.3 is 9.15 Å². The minimum absolute atomic E-state index is 0.0432. The number of aryl methyl sites for hydroxylation is 1. The molecule has 0 aliphatic heterocycles. The van der Waals surface area contributed by atoms with Crippen molar-refractivity contribution in [2.75, 3.05) is 6.54 Å². The molecule has 8 heteroatoms. The molecule has 0 unspecified atom stereocenters. The van der Waals surface area contributed by atoms with E-state index in [2.05, 4.69) is 9.71 Å². The normalized spacial score (nSPS) is 11.5. The van der Waals surface area contributed by atoms with E-state index in [4.69, 9.17) is 9.15 Å². The predicted octanol–water partition coefficient (Wildman–Crippen LogP) is 4.22. The molecule has 0 radical (unpaired) electrons. The highest BCUT2D eigenvalue weighted by molar-refractivity contribution is 7.89. The molecule has 4 aromatic rings. The smallest absolute Gasteiger partial charge is 0.307 e. The fourth-order valence-electron chi connectivity index (χ4n) is 3.19. The molecule has 0 saturated heterocycles. The lowest BCUT2D eigenvalue weighted by Gasteiger charge is -2.08. The van der Waals surface area contributed by atoms with Gasteiger partial charge in [-0.05, 0) is 42.0 Å². The van der Waals surface area contributed by atoms with Gasteiger partial charge in [-0.25, -0.2) is 18.1 Å². The second-order valence-corrected chi connectivity index (χ2v) is 8.97. The zero-order valence-corrected chi connectivity index (χ0v) is 18.3. The van der Waals surface area contributed by atoms with Crippen molar-refractivity contribution in [3.05, 3.63) is 84.3 Å². The Hall–Kier alpha value is -3.49. The SMILES string of the molecule is Cc1oc(-c2ccccc2)nc1COC(=O)CCNS(=O)(=O)c1ccc2ccccc2c1. The average Bonchev–Trinajstić information content (AvgIpc) is 3.18. The van der Waals surface area contributed by atoms with Crippen molar-refractivity contribution in [1.82, 2.24) is 9.71 Å². The van der Waals surface area contributed by atoms with Crippen LogP contribution < -0.4 is 4.72 Å². The maximum atomic E-state index is 12.5. The standard InChI is InChI=1S/C24H22N2O5S/c1-17-22(26-24(31-17)19-8-3-2-4-9-19)16-30-23(27)13-14-25-32(28,29)21-12-11-18-7-5-6-10-20(18)15-21/h2-12,15,25H,13-14,16H2,1H3. The number of carbonyl (C=O) groups is 1. The first kappa shape index (κ1) is 21.7. The Labute approximate surface area is 186 Å². The molecular formula is C24H22N2O5S. The van der Waals surface area contributed by atoms with E-state index in [-0.39, 0.29) is 24.5 Å². The van der Waals surface area contributed by atoms with Gasteiger partial charge >= 0.3 is 5.97 Å². The van der Waals surface area contributed by atoms with Crippen LogP contribution in [0.4, 0.5) is 0 Å². The van der Waals surface area contributed by atoms with Gasteiger partial charge in [0.15, 0.2) is 0 Å². The summed E-state index contributed by atoms with van der Waals surface area (Å²) < 4.78 is 38.4. The third-order valence-electron chi connectivity index (χ3n) is 4.94. The molecule has 0 aliphatic carbocycles. The van der Waals surface area contributed by atoms with Crippen LogP contribution in [0.2, 0.25) is 0 Å². The Morgan fingerprint density at radius 3 is 2.50 bits per heavy atom. The Balaban J connectivity index is 1.30. The number of nitrogens with one attached hydrogen (secondary N) is 1. The maximum Gasteiger partial charge on any atom is 0.307 e. The summed E-state index contributed by atoms with van der Waals surface area (Å²) in [7, 11) is -3.73. The van der Waals surface area contributed by atoms with Gasteiger partial charge in [-0.3, -0.25) is 4.79 Å². The molecule has 0 saturated carbocycles. The van der Waals surface area contributed by atoms with Gasteiger partial charge in [0.05, 0.1) is 11.3 Å². The van der Waals surface area contributed by atoms with Crippen LogP contribution in [0.15, 0.2) is 82.1 Å². The molecule has 0 amide bonds. The largest absolute Gasteiger partial charge is 0.459 e. The number of sulfonamides is 1. The van der Waals surface area contributed by atoms with E-state index in [1.54, 1.807) is 25.1 Å². The van der Waals surface area contributed by atoms with Crippen molar-refractivity contribution in [3.8, 4) is 11.5 Å². The summed E-state index contributed by atoms with van der Waals surface area (Å²) >= 11 is 0. The molecule has 0 aliphatic rings. The number of ether oxygens (including phenoxy) is 1. The van der Waals surface area contributed by atoms with E-state index in [1.807, 2.05) is 54.6 Å². The quantitative estimate of drug-likeness (QED) is 0.404. The van der Waals surface area contributed by atoms with Crippen LogP contribution in [0.25, 0.3) is 22.2 Å². The molecule has 164 valence electrons. The Bertz CT molecular complexity index is 1350. The molecule has 7 nitrogen and oxygen atoms in total. The molecule has 4 rings (SSSR count). The van der Waals surface area contributed by atoms with Crippen LogP contribution in [0.5, 0.6) is 0 Å². The number of nitrogens with zero attached hydrogens (tertiary/aromatic N) is 1. The lowest BCUT2D eigenvalue weighted by molar-refractivity contribution is -0.144. The maximum absolute atomic E-state index is 12.5. The van der Waals surface area contributed by atoms with Gasteiger partial charge in [0.2, 0.25) is 15.9 Å². The van der Waals surface area contributed by atoms with Crippen LogP contribution >= 0.6 is 0 Å². The highest BCUT2D eigenvalue weighted by Crippen LogP contribution is 2.22. The first-order valence-corrected chi connectivity index (χ1v) is 11.6. The number of oxazole rings is 1. The molecule has 0 spiro atoms. The van der Waals surface area contributed by atoms with Gasteiger partial charge in [-0.15, -0.1) is 0 Å². The van der Waals surface area contributed by atoms with Crippen LogP contribution in [-0.4, -0.2) is 25.9 Å². The van der Waals surface area contributed by atoms with Crippen LogP contribution in [0.3, 0.4) is 0 Å². The van der Waals surface area contributed by atoms with Crippen molar-refractivity contribution in [1.29, 1.82) is 0 Å². The zero-order chi connectivity index (χ0) is 22.6. The fourth-order valence-corrected chi connectivity index (χ4v) is 4.26. The van der Waals surface area contributed by atoms with Crippen LogP contribution in [0.1, 0.15) is 17.9 Å². The summed E-state index contributed by atoms with van der Waals surface area (Å²) in [5.74, 6) is 0.487. The highest BCUT2D eigenvalue weighted by Gasteiger charge is 2.16. The van der Waals surface area contributed by atoms with Crippen LogP contribution in [0, 0.1) is 6.92 Å². The second kappa shape index (κ2) is 9.33. The fraction of sp³-hybridized carbons (Fsp3) is 0.167. The first-order chi connectivity index (χ1) is 15.4. The number of benzene rings is 3. The van der Waals surface area contributed by atoms with E-state index in [0.717, 1.165) is 16.3 Å². The van der Waals surface area contributed by atoms with E-state index in [9.17, 15) is 13.2 Å². The van der Waals surface area contributed by atoms with E-state index >= 15 is 0 Å². The monoisotopic (exact) mass is 450 g/mol. The molecule has 1 heterocycles. The number of aromatic nitrogens is 1. The predicted molar refractivity (Wildman–Crippen MR) is 120 cm³/mol. The summed E-state index contributed by atoms with van der Waals surface area (Å²) in [5, 5.41) is 1.78. The molecule has 32 heavy (non-hydrogen) atoms. The molecule has 0 atom stereocenters. The summed E-state index contributed by atoms with van der Waals surface area (Å²) in [6.07, 6.45) is -0.102. The number of hydrogen-bond donors (Lipinski definition) is 1. The third-order valence-corrected chi connectivity index (χ3v) is 6.39. The topological polar surface area (TPSA) is 98.5 Å². The molecule has 1 N–H and O–H groups in total. The lowest BCUT2D eigenvalue weighted by Crippen LogP contribution is -2.26. The number of rotatable bonds is 8. The number of carbonyl (C=O) groups excluding carboxylic acids is 1. The number of esters is 1. The molecule has 0 fully saturated rings. The van der Waals surface area contributed by atoms with Crippen molar-refractivity contribution in [2.24, 2.45) is 0 Å². The number of hydrogen-bond acceptors (Lipinski definition) is 6. The average molecular weight is 451 g/mol. The van der Waals surface area contributed by atoms with Gasteiger partial charge in [-0.2, -0.15) is 0 Å². The molecule has 3 aromatic carbocycles. The minimum Gasteiger partial charge on any atom is -0.459 e. The minimum atomic E-state index is -3.73. The van der Waals surface area contributed by atoms with Gasteiger partial charge in [-0.1, -0.05) is 48.5 Å². The van der Waals surface area contributed by atoms with Crippen molar-refractivity contribution < 1.29 is 22.4 Å². The van der Waals surface area contributed by atoms with Crippen molar-refractivity contribution in [3.63, 3.8) is 0 Å². The Morgan fingerprint density at radius 1 is 1.00 bits per heavy atom. The zero-order valence-electron chi connectivity index (χ0n) is 17.4.